The van der Waals surface area contributed by atoms with Crippen molar-refractivity contribution in [1.82, 2.24) is 20.1 Å². The third-order valence-electron chi connectivity index (χ3n) is 2.93. The van der Waals surface area contributed by atoms with Gasteiger partial charge in [-0.3, -0.25) is 9.48 Å². The van der Waals surface area contributed by atoms with E-state index >= 15 is 0 Å². The van der Waals surface area contributed by atoms with Gasteiger partial charge >= 0.3 is 0 Å². The van der Waals surface area contributed by atoms with Crippen molar-refractivity contribution in [1.29, 1.82) is 0 Å². The monoisotopic (exact) mass is 292 g/mol. The van der Waals surface area contributed by atoms with E-state index in [1.54, 1.807) is 11.0 Å². The molecule has 1 aromatic heterocycles. The van der Waals surface area contributed by atoms with Gasteiger partial charge in [0, 0.05) is 17.5 Å². The number of amides is 1. The van der Waals surface area contributed by atoms with Crippen LogP contribution < -0.4 is 5.32 Å². The summed E-state index contributed by atoms with van der Waals surface area (Å²) in [5.74, 6) is 0.0000496. The molecule has 1 aromatic carbocycles. The van der Waals surface area contributed by atoms with Gasteiger partial charge in [0.25, 0.3) is 0 Å². The molecule has 106 valence electrons. The lowest BCUT2D eigenvalue weighted by Crippen LogP contribution is -2.34. The molecular weight excluding hydrogens is 276 g/mol. The van der Waals surface area contributed by atoms with Crippen LogP contribution in [0.1, 0.15) is 18.9 Å². The Morgan fingerprint density at radius 1 is 1.45 bits per heavy atom. The minimum Gasteiger partial charge on any atom is -0.353 e. The van der Waals surface area contributed by atoms with Crippen LogP contribution in [0.4, 0.5) is 0 Å². The van der Waals surface area contributed by atoms with E-state index in [0.717, 1.165) is 17.0 Å². The average Bonchev–Trinajstić information content (AvgIpc) is 2.92. The molecule has 0 aliphatic rings. The van der Waals surface area contributed by atoms with Crippen molar-refractivity contribution in [2.75, 3.05) is 0 Å². The van der Waals surface area contributed by atoms with Gasteiger partial charge in [0.15, 0.2) is 0 Å². The first-order valence-corrected chi connectivity index (χ1v) is 6.88. The van der Waals surface area contributed by atoms with E-state index in [0.29, 0.717) is 13.0 Å². The summed E-state index contributed by atoms with van der Waals surface area (Å²) in [5, 5.41) is 7.65. The largest absolute Gasteiger partial charge is 0.353 e. The summed E-state index contributed by atoms with van der Waals surface area (Å²) in [6.45, 7) is 2.50. The summed E-state index contributed by atoms with van der Waals surface area (Å²) in [6, 6.07) is 7.71. The molecule has 0 aliphatic heterocycles. The van der Waals surface area contributed by atoms with Crippen LogP contribution in [0.15, 0.2) is 36.9 Å². The molecule has 1 amide bonds. The van der Waals surface area contributed by atoms with E-state index in [2.05, 4.69) is 15.4 Å². The minimum absolute atomic E-state index is 0.0000496. The number of carbonyl (C=O) groups is 1. The van der Waals surface area contributed by atoms with Crippen LogP contribution in [0.5, 0.6) is 0 Å². The molecule has 0 aliphatic carbocycles. The lowest BCUT2D eigenvalue weighted by Gasteiger charge is -2.14. The predicted molar refractivity (Wildman–Crippen MR) is 77.4 cm³/mol. The Hall–Kier alpha value is -1.88. The zero-order valence-electron chi connectivity index (χ0n) is 11.3. The molecule has 0 saturated carbocycles. The van der Waals surface area contributed by atoms with Crippen LogP contribution >= 0.6 is 11.6 Å². The molecule has 2 rings (SSSR count). The smallest absolute Gasteiger partial charge is 0.222 e. The number of aryl methyl sites for hydroxylation is 1. The molecule has 1 heterocycles. The van der Waals surface area contributed by atoms with Crippen molar-refractivity contribution in [2.24, 2.45) is 0 Å². The SMILES string of the molecule is CC(Cc1ccccc1Cl)NC(=O)CCn1cncn1. The van der Waals surface area contributed by atoms with E-state index in [1.807, 2.05) is 31.2 Å². The average molecular weight is 293 g/mol. The van der Waals surface area contributed by atoms with Gasteiger partial charge in [-0.25, -0.2) is 4.98 Å². The van der Waals surface area contributed by atoms with E-state index in [-0.39, 0.29) is 11.9 Å². The highest BCUT2D eigenvalue weighted by Crippen LogP contribution is 2.16. The van der Waals surface area contributed by atoms with Gasteiger partial charge in [0.05, 0.1) is 6.54 Å². The van der Waals surface area contributed by atoms with Crippen molar-refractivity contribution in [3.63, 3.8) is 0 Å². The number of hydrogen-bond donors (Lipinski definition) is 1. The zero-order valence-corrected chi connectivity index (χ0v) is 12.0. The number of carbonyl (C=O) groups excluding carboxylic acids is 1. The molecule has 1 atom stereocenters. The highest BCUT2D eigenvalue weighted by Gasteiger charge is 2.10. The molecule has 0 fully saturated rings. The van der Waals surface area contributed by atoms with E-state index < -0.39 is 0 Å². The number of nitrogens with one attached hydrogen (secondary N) is 1. The Labute approximate surface area is 123 Å². The van der Waals surface area contributed by atoms with Crippen LogP contribution in [0, 0.1) is 0 Å². The van der Waals surface area contributed by atoms with Gasteiger partial charge in [0.2, 0.25) is 5.91 Å². The lowest BCUT2D eigenvalue weighted by atomic mass is 10.1. The molecule has 1 unspecified atom stereocenters. The highest BCUT2D eigenvalue weighted by molar-refractivity contribution is 6.31. The normalized spacial score (nSPS) is 12.1. The molecule has 0 radical (unpaired) electrons. The van der Waals surface area contributed by atoms with Crippen LogP contribution in [-0.2, 0) is 17.8 Å². The standard InChI is InChI=1S/C14H17ClN4O/c1-11(8-12-4-2-3-5-13(12)15)18-14(20)6-7-19-10-16-9-17-19/h2-5,9-11H,6-8H2,1H3,(H,18,20). The second-order valence-corrected chi connectivity index (χ2v) is 5.08. The summed E-state index contributed by atoms with van der Waals surface area (Å²) >= 11 is 6.10. The quantitative estimate of drug-likeness (QED) is 0.886. The molecule has 1 N–H and O–H groups in total. The van der Waals surface area contributed by atoms with E-state index in [9.17, 15) is 4.79 Å². The van der Waals surface area contributed by atoms with Gasteiger partial charge in [0.1, 0.15) is 12.7 Å². The molecule has 5 nitrogen and oxygen atoms in total. The fraction of sp³-hybridized carbons (Fsp3) is 0.357. The molecule has 6 heteroatoms. The number of nitrogens with zero attached hydrogens (tertiary/aromatic N) is 3. The van der Waals surface area contributed by atoms with Gasteiger partial charge in [-0.05, 0) is 25.0 Å². The maximum Gasteiger partial charge on any atom is 0.222 e. The van der Waals surface area contributed by atoms with Crippen molar-refractivity contribution in [3.8, 4) is 0 Å². The van der Waals surface area contributed by atoms with Gasteiger partial charge < -0.3 is 5.32 Å². The van der Waals surface area contributed by atoms with Crippen LogP contribution in [0.3, 0.4) is 0 Å². The maximum atomic E-state index is 11.8. The van der Waals surface area contributed by atoms with Crippen LogP contribution in [0.25, 0.3) is 0 Å². The summed E-state index contributed by atoms with van der Waals surface area (Å²) in [4.78, 5) is 15.7. The van der Waals surface area contributed by atoms with Gasteiger partial charge in [-0.15, -0.1) is 0 Å². The number of halogens is 1. The van der Waals surface area contributed by atoms with Crippen molar-refractivity contribution >= 4 is 17.5 Å². The summed E-state index contributed by atoms with van der Waals surface area (Å²) < 4.78 is 1.64. The second kappa shape index (κ2) is 7.05. The number of benzene rings is 1. The Bertz CT molecular complexity index is 556. The first-order chi connectivity index (χ1) is 9.65. The summed E-state index contributed by atoms with van der Waals surface area (Å²) in [7, 11) is 0. The van der Waals surface area contributed by atoms with Crippen LogP contribution in [-0.4, -0.2) is 26.7 Å². The van der Waals surface area contributed by atoms with Crippen molar-refractivity contribution < 1.29 is 4.79 Å². The fourth-order valence-corrected chi connectivity index (χ4v) is 2.17. The molecule has 0 spiro atoms. The first kappa shape index (κ1) is 14.5. The number of aromatic nitrogens is 3. The Balaban J connectivity index is 1.78. The third-order valence-corrected chi connectivity index (χ3v) is 3.29. The second-order valence-electron chi connectivity index (χ2n) is 4.67. The van der Waals surface area contributed by atoms with E-state index in [1.165, 1.54) is 6.33 Å². The molecule has 2 aromatic rings. The van der Waals surface area contributed by atoms with Gasteiger partial charge in [-0.1, -0.05) is 29.8 Å². The number of rotatable bonds is 6. The third kappa shape index (κ3) is 4.35. The molecule has 0 saturated heterocycles. The molecular formula is C14H17ClN4O. The van der Waals surface area contributed by atoms with E-state index in [4.69, 9.17) is 11.6 Å². The Morgan fingerprint density at radius 2 is 2.25 bits per heavy atom. The van der Waals surface area contributed by atoms with Crippen molar-refractivity contribution in [3.05, 3.63) is 47.5 Å². The minimum atomic E-state index is 0.0000496. The highest BCUT2D eigenvalue weighted by atomic mass is 35.5. The van der Waals surface area contributed by atoms with Gasteiger partial charge in [-0.2, -0.15) is 5.10 Å². The molecule has 0 bridgehead atoms. The maximum absolute atomic E-state index is 11.8. The topological polar surface area (TPSA) is 59.8 Å². The summed E-state index contributed by atoms with van der Waals surface area (Å²) in [6.07, 6.45) is 4.16. The Kier molecular flexibility index (Phi) is 5.12. The fourth-order valence-electron chi connectivity index (χ4n) is 1.96. The van der Waals surface area contributed by atoms with Crippen LogP contribution in [0.2, 0.25) is 5.02 Å². The Morgan fingerprint density at radius 3 is 2.95 bits per heavy atom. The molecule has 20 heavy (non-hydrogen) atoms. The number of hydrogen-bond acceptors (Lipinski definition) is 3. The lowest BCUT2D eigenvalue weighted by molar-refractivity contribution is -0.121. The van der Waals surface area contributed by atoms with Crippen molar-refractivity contribution in [2.45, 2.75) is 32.4 Å². The summed E-state index contributed by atoms with van der Waals surface area (Å²) in [5.41, 5.74) is 1.04. The zero-order chi connectivity index (χ0) is 14.4. The predicted octanol–water partition coefficient (Wildman–Crippen LogP) is 2.07. The first-order valence-electron chi connectivity index (χ1n) is 6.50.